The van der Waals surface area contributed by atoms with E-state index in [1.165, 1.54) is 13.8 Å². The highest BCUT2D eigenvalue weighted by atomic mass is 16.3. The van der Waals surface area contributed by atoms with Gasteiger partial charge < -0.3 is 15.3 Å². The smallest absolute Gasteiger partial charge is 0.195 e. The number of aliphatic hydroxyl groups excluding tert-OH is 3. The molecule has 168 valence electrons. The molecule has 3 N–H and O–H groups in total. The topological polar surface area (TPSA) is 112 Å². The first kappa shape index (κ1) is 26.6. The Kier molecular flexibility index (Phi) is 12.1. The Labute approximate surface area is 187 Å². The van der Waals surface area contributed by atoms with E-state index in [1.807, 2.05) is 18.2 Å². The Bertz CT molecular complexity index is 953. The van der Waals surface area contributed by atoms with Gasteiger partial charge in [-0.2, -0.15) is 0 Å². The van der Waals surface area contributed by atoms with Gasteiger partial charge in [0.1, 0.15) is 18.8 Å². The number of rotatable bonds is 6. The monoisotopic (exact) mass is 436 g/mol. The van der Waals surface area contributed by atoms with E-state index in [9.17, 15) is 19.5 Å². The molecule has 6 heteroatoms. The minimum atomic E-state index is -1.08. The third-order valence-electron chi connectivity index (χ3n) is 4.25. The van der Waals surface area contributed by atoms with Gasteiger partial charge >= 0.3 is 0 Å². The molecule has 3 rings (SSSR count). The van der Waals surface area contributed by atoms with Crippen molar-refractivity contribution in [2.75, 3.05) is 6.61 Å². The van der Waals surface area contributed by atoms with Crippen LogP contribution in [0.3, 0.4) is 0 Å². The summed E-state index contributed by atoms with van der Waals surface area (Å²) in [6, 6.07) is 26.5. The van der Waals surface area contributed by atoms with E-state index >= 15 is 0 Å². The second-order valence-electron chi connectivity index (χ2n) is 6.78. The lowest BCUT2D eigenvalue weighted by Gasteiger charge is -2.09. The van der Waals surface area contributed by atoms with Crippen LogP contribution in [0, 0.1) is 0 Å². The molecule has 32 heavy (non-hydrogen) atoms. The summed E-state index contributed by atoms with van der Waals surface area (Å²) in [5.41, 5.74) is 1.71. The van der Waals surface area contributed by atoms with E-state index in [0.29, 0.717) is 16.7 Å². The number of Topliss-reactive ketones (excluding diaryl/α,β-unsaturated/α-hetero) is 3. The average molecular weight is 437 g/mol. The van der Waals surface area contributed by atoms with Crippen molar-refractivity contribution in [3.63, 3.8) is 0 Å². The maximum Gasteiger partial charge on any atom is 0.195 e. The standard InChI is InChI=1S/C14H12O2.C8H8O2.C4H8O2/c15-13(11-7-3-1-4-8-11)14(16)12-9-5-2-6-10-12;9-6-8(10)7-4-2-1-3-5-7;1-3(5)4(2)6/h1-10,13,15H;1-5,9H,6H2;3,5H,1-2H3. The Morgan fingerprint density at radius 1 is 0.719 bits per heavy atom. The summed E-state index contributed by atoms with van der Waals surface area (Å²) in [5, 5.41) is 26.6. The van der Waals surface area contributed by atoms with E-state index in [4.69, 9.17) is 10.2 Å². The molecule has 2 atom stereocenters. The zero-order chi connectivity index (χ0) is 23.9. The SMILES string of the molecule is CC(=O)C(C)O.O=C(CO)c1ccccc1.O=C(c1ccccc1)C(O)c1ccccc1. The Balaban J connectivity index is 0.000000273. The van der Waals surface area contributed by atoms with E-state index in [0.717, 1.165) is 0 Å². The predicted octanol–water partition coefficient (Wildman–Crippen LogP) is 3.42. The van der Waals surface area contributed by atoms with Crippen LogP contribution in [0.4, 0.5) is 0 Å². The maximum atomic E-state index is 11.9. The van der Waals surface area contributed by atoms with Gasteiger partial charge in [-0.15, -0.1) is 0 Å². The number of hydrogen-bond donors (Lipinski definition) is 3. The summed E-state index contributed by atoms with van der Waals surface area (Å²) >= 11 is 0. The Morgan fingerprint density at radius 2 is 1.09 bits per heavy atom. The summed E-state index contributed by atoms with van der Waals surface area (Å²) in [4.78, 5) is 32.6. The molecule has 0 aliphatic rings. The minimum Gasteiger partial charge on any atom is -0.388 e. The molecule has 0 bridgehead atoms. The molecule has 0 fully saturated rings. The molecule has 0 aromatic heterocycles. The molecule has 0 spiro atoms. The number of ketones is 3. The molecule has 6 nitrogen and oxygen atoms in total. The first-order valence-electron chi connectivity index (χ1n) is 9.97. The molecule has 3 aromatic rings. The number of benzene rings is 3. The van der Waals surface area contributed by atoms with Crippen LogP contribution in [0.2, 0.25) is 0 Å². The maximum absolute atomic E-state index is 11.9. The highest BCUT2D eigenvalue weighted by Gasteiger charge is 2.18. The summed E-state index contributed by atoms with van der Waals surface area (Å²) in [5.74, 6) is -0.692. The molecule has 0 heterocycles. The van der Waals surface area contributed by atoms with E-state index in [1.54, 1.807) is 72.8 Å². The number of carbonyl (C=O) groups excluding carboxylic acids is 3. The van der Waals surface area contributed by atoms with Crippen LogP contribution >= 0.6 is 0 Å². The number of hydrogen-bond acceptors (Lipinski definition) is 6. The lowest BCUT2D eigenvalue weighted by molar-refractivity contribution is -0.124. The summed E-state index contributed by atoms with van der Waals surface area (Å²) < 4.78 is 0. The van der Waals surface area contributed by atoms with Gasteiger partial charge in [-0.05, 0) is 19.4 Å². The molecule has 0 radical (unpaired) electrons. The first-order valence-corrected chi connectivity index (χ1v) is 9.97. The molecular formula is C26H28O6. The molecule has 0 aliphatic carbocycles. The highest BCUT2D eigenvalue weighted by molar-refractivity contribution is 5.99. The van der Waals surface area contributed by atoms with Gasteiger partial charge in [0.15, 0.2) is 17.3 Å². The van der Waals surface area contributed by atoms with Crippen LogP contribution in [0.1, 0.15) is 46.2 Å². The number of aliphatic hydroxyl groups is 3. The van der Waals surface area contributed by atoms with E-state index in [-0.39, 0.29) is 17.3 Å². The summed E-state index contributed by atoms with van der Waals surface area (Å²) in [7, 11) is 0. The van der Waals surface area contributed by atoms with Crippen molar-refractivity contribution >= 4 is 17.3 Å². The largest absolute Gasteiger partial charge is 0.388 e. The lowest BCUT2D eigenvalue weighted by Crippen LogP contribution is -2.11. The van der Waals surface area contributed by atoms with Gasteiger partial charge in [0.25, 0.3) is 0 Å². The van der Waals surface area contributed by atoms with Crippen LogP contribution in [-0.2, 0) is 4.79 Å². The van der Waals surface area contributed by atoms with E-state index in [2.05, 4.69) is 0 Å². The predicted molar refractivity (Wildman–Crippen MR) is 122 cm³/mol. The fourth-order valence-electron chi connectivity index (χ4n) is 2.26. The van der Waals surface area contributed by atoms with Gasteiger partial charge in [-0.1, -0.05) is 91.0 Å². The molecule has 3 aromatic carbocycles. The van der Waals surface area contributed by atoms with Crippen molar-refractivity contribution in [2.45, 2.75) is 26.1 Å². The molecule has 0 amide bonds. The highest BCUT2D eigenvalue weighted by Crippen LogP contribution is 2.17. The van der Waals surface area contributed by atoms with Gasteiger partial charge in [-0.25, -0.2) is 0 Å². The Morgan fingerprint density at radius 3 is 1.47 bits per heavy atom. The molecular weight excluding hydrogens is 408 g/mol. The van der Waals surface area contributed by atoms with E-state index < -0.39 is 18.8 Å². The van der Waals surface area contributed by atoms with Gasteiger partial charge in [0.05, 0.1) is 0 Å². The van der Waals surface area contributed by atoms with Gasteiger partial charge in [0.2, 0.25) is 0 Å². The lowest BCUT2D eigenvalue weighted by atomic mass is 10.0. The number of carbonyl (C=O) groups is 3. The van der Waals surface area contributed by atoms with Crippen LogP contribution in [0.25, 0.3) is 0 Å². The van der Waals surface area contributed by atoms with Crippen LogP contribution < -0.4 is 0 Å². The third kappa shape index (κ3) is 9.57. The van der Waals surface area contributed by atoms with Crippen LogP contribution in [-0.4, -0.2) is 45.4 Å². The Hall–Kier alpha value is -3.45. The van der Waals surface area contributed by atoms with Crippen molar-refractivity contribution in [2.24, 2.45) is 0 Å². The van der Waals surface area contributed by atoms with Crippen molar-refractivity contribution < 1.29 is 29.7 Å². The van der Waals surface area contributed by atoms with Crippen molar-refractivity contribution in [3.8, 4) is 0 Å². The fourth-order valence-corrected chi connectivity index (χ4v) is 2.26. The molecule has 0 saturated heterocycles. The first-order chi connectivity index (χ1) is 15.3. The van der Waals surface area contributed by atoms with Crippen LogP contribution in [0.5, 0.6) is 0 Å². The zero-order valence-corrected chi connectivity index (χ0v) is 18.1. The average Bonchev–Trinajstić information content (AvgIpc) is 2.85. The summed E-state index contributed by atoms with van der Waals surface area (Å²) in [6.45, 7) is 2.39. The van der Waals surface area contributed by atoms with Gasteiger partial charge in [-0.3, -0.25) is 14.4 Å². The zero-order valence-electron chi connectivity index (χ0n) is 18.1. The van der Waals surface area contributed by atoms with Crippen molar-refractivity contribution in [1.82, 2.24) is 0 Å². The molecule has 0 saturated carbocycles. The van der Waals surface area contributed by atoms with Crippen LogP contribution in [0.15, 0.2) is 91.0 Å². The second kappa shape index (κ2) is 14.5. The van der Waals surface area contributed by atoms with Crippen molar-refractivity contribution in [1.29, 1.82) is 0 Å². The normalized spacial score (nSPS) is 11.5. The fraction of sp³-hybridized carbons (Fsp3) is 0.192. The second-order valence-corrected chi connectivity index (χ2v) is 6.78. The summed E-state index contributed by atoms with van der Waals surface area (Å²) in [6.07, 6.45) is -1.87. The molecule has 2 unspecified atom stereocenters. The quantitative estimate of drug-likeness (QED) is 0.511. The molecule has 0 aliphatic heterocycles. The van der Waals surface area contributed by atoms with Gasteiger partial charge in [0, 0.05) is 11.1 Å². The third-order valence-corrected chi connectivity index (χ3v) is 4.25. The van der Waals surface area contributed by atoms with Crippen molar-refractivity contribution in [3.05, 3.63) is 108 Å². The minimum absolute atomic E-state index is 0.185.